The molecule has 0 fully saturated rings. The van der Waals surface area contributed by atoms with Crippen molar-refractivity contribution < 1.29 is 0 Å². The highest BCUT2D eigenvalue weighted by Crippen LogP contribution is 1.98. The first-order valence-corrected chi connectivity index (χ1v) is 3.34. The first-order chi connectivity index (χ1) is 5.33. The summed E-state index contributed by atoms with van der Waals surface area (Å²) in [5, 5.41) is 10.2. The smallest absolute Gasteiger partial charge is 0.0626 e. The second-order valence-electron chi connectivity index (χ2n) is 2.25. The summed E-state index contributed by atoms with van der Waals surface area (Å²) in [5.74, 6) is 0. The van der Waals surface area contributed by atoms with Gasteiger partial charge in [-0.05, 0) is 24.9 Å². The molecule has 11 heavy (non-hydrogen) atoms. The molecule has 0 saturated heterocycles. The largest absolute Gasteiger partial charge is 0.283 e. The van der Waals surface area contributed by atoms with Crippen molar-refractivity contribution in [2.24, 2.45) is 5.11 Å². The lowest BCUT2D eigenvalue weighted by Crippen LogP contribution is -1.87. The van der Waals surface area contributed by atoms with E-state index in [0.29, 0.717) is 13.0 Å². The highest BCUT2D eigenvalue weighted by Gasteiger charge is 1.94. The number of aryl methyl sites for hydroxylation is 1. The first kappa shape index (κ1) is 7.63. The van der Waals surface area contributed by atoms with Gasteiger partial charge in [-0.15, -0.1) is 0 Å². The highest BCUT2D eigenvalue weighted by molar-refractivity contribution is 5.06. The van der Waals surface area contributed by atoms with Crippen molar-refractivity contribution in [1.82, 2.24) is 10.2 Å². The van der Waals surface area contributed by atoms with Crippen molar-refractivity contribution >= 4 is 0 Å². The van der Waals surface area contributed by atoms with Crippen molar-refractivity contribution in [1.29, 1.82) is 0 Å². The number of nitrogens with one attached hydrogen (secondary N) is 1. The topological polar surface area (TPSA) is 77.4 Å². The number of hydrogen-bond acceptors (Lipinski definition) is 2. The predicted octanol–water partition coefficient (Wildman–Crippen LogP) is 1.57. The molecule has 1 N–H and O–H groups in total. The molecule has 5 nitrogen and oxygen atoms in total. The maximum atomic E-state index is 7.98. The standard InChI is InChI=1S/C6H9N5/c1-5-4-6(10-9-5)2-3-8-11-7/h4H,2-3H2,1H3,(H,9,10). The normalized spacial score (nSPS) is 9.18. The molecule has 0 bridgehead atoms. The summed E-state index contributed by atoms with van der Waals surface area (Å²) in [5.41, 5.74) is 9.95. The molecule has 0 saturated carbocycles. The molecule has 0 radical (unpaired) electrons. The maximum Gasteiger partial charge on any atom is 0.0626 e. The predicted molar refractivity (Wildman–Crippen MR) is 41.0 cm³/mol. The average molecular weight is 151 g/mol. The summed E-state index contributed by atoms with van der Waals surface area (Å²) in [6.07, 6.45) is 0.703. The minimum atomic E-state index is 0.473. The Morgan fingerprint density at radius 3 is 3.18 bits per heavy atom. The molecule has 1 aromatic rings. The number of H-pyrrole nitrogens is 1. The van der Waals surface area contributed by atoms with Gasteiger partial charge in [0, 0.05) is 17.2 Å². The number of aromatic amines is 1. The van der Waals surface area contributed by atoms with Crippen LogP contribution in [0.2, 0.25) is 0 Å². The molecule has 1 aromatic heterocycles. The van der Waals surface area contributed by atoms with Crippen LogP contribution in [0, 0.1) is 6.92 Å². The zero-order chi connectivity index (χ0) is 8.10. The molecule has 5 heteroatoms. The summed E-state index contributed by atoms with van der Waals surface area (Å²) in [4.78, 5) is 2.64. The Hall–Kier alpha value is -1.48. The van der Waals surface area contributed by atoms with Gasteiger partial charge >= 0.3 is 0 Å². The van der Waals surface area contributed by atoms with E-state index < -0.39 is 0 Å². The van der Waals surface area contributed by atoms with Gasteiger partial charge in [0.2, 0.25) is 0 Å². The zero-order valence-corrected chi connectivity index (χ0v) is 6.28. The highest BCUT2D eigenvalue weighted by atomic mass is 15.1. The molecule has 0 aliphatic heterocycles. The van der Waals surface area contributed by atoms with Crippen LogP contribution in [0.5, 0.6) is 0 Å². The van der Waals surface area contributed by atoms with Crippen molar-refractivity contribution in [3.05, 3.63) is 27.9 Å². The molecule has 0 spiro atoms. The zero-order valence-electron chi connectivity index (χ0n) is 6.28. The minimum absolute atomic E-state index is 0.473. The van der Waals surface area contributed by atoms with Crippen LogP contribution < -0.4 is 0 Å². The number of azide groups is 1. The van der Waals surface area contributed by atoms with Gasteiger partial charge < -0.3 is 0 Å². The number of rotatable bonds is 3. The monoisotopic (exact) mass is 151 g/mol. The van der Waals surface area contributed by atoms with E-state index >= 15 is 0 Å². The molecule has 0 amide bonds. The van der Waals surface area contributed by atoms with Crippen LogP contribution in [-0.2, 0) is 6.42 Å². The van der Waals surface area contributed by atoms with Crippen molar-refractivity contribution in [2.45, 2.75) is 13.3 Å². The Kier molecular flexibility index (Phi) is 2.52. The van der Waals surface area contributed by atoms with E-state index in [4.69, 9.17) is 5.53 Å². The Balaban J connectivity index is 2.44. The summed E-state index contributed by atoms with van der Waals surface area (Å²) >= 11 is 0. The SMILES string of the molecule is Cc1cc(CCN=[N+]=[N-])n[nH]1. The summed E-state index contributed by atoms with van der Waals surface area (Å²) in [6, 6.07) is 1.94. The fourth-order valence-corrected chi connectivity index (χ4v) is 0.812. The molecule has 0 atom stereocenters. The Bertz CT molecular complexity index is 270. The fraction of sp³-hybridized carbons (Fsp3) is 0.500. The van der Waals surface area contributed by atoms with Crippen molar-refractivity contribution in [2.75, 3.05) is 6.54 Å². The van der Waals surface area contributed by atoms with E-state index in [1.807, 2.05) is 13.0 Å². The third kappa shape index (κ3) is 2.31. The van der Waals surface area contributed by atoms with Crippen molar-refractivity contribution in [3.8, 4) is 0 Å². The van der Waals surface area contributed by atoms with Crippen LogP contribution in [-0.4, -0.2) is 16.7 Å². The maximum absolute atomic E-state index is 7.98. The Morgan fingerprint density at radius 1 is 1.82 bits per heavy atom. The molecule has 1 rings (SSSR count). The number of nitrogens with zero attached hydrogens (tertiary/aromatic N) is 4. The quantitative estimate of drug-likeness (QED) is 0.397. The van der Waals surface area contributed by atoms with Crippen LogP contribution in [0.25, 0.3) is 10.4 Å². The van der Waals surface area contributed by atoms with E-state index in [-0.39, 0.29) is 0 Å². The third-order valence-electron chi connectivity index (χ3n) is 1.29. The summed E-state index contributed by atoms with van der Waals surface area (Å²) in [6.45, 7) is 2.41. The van der Waals surface area contributed by atoms with Gasteiger partial charge in [-0.25, -0.2) is 0 Å². The van der Waals surface area contributed by atoms with E-state index in [1.54, 1.807) is 0 Å². The molecule has 1 heterocycles. The number of hydrogen-bond donors (Lipinski definition) is 1. The Labute approximate surface area is 64.1 Å². The van der Waals surface area contributed by atoms with E-state index in [0.717, 1.165) is 11.4 Å². The molecule has 58 valence electrons. The van der Waals surface area contributed by atoms with E-state index in [2.05, 4.69) is 20.2 Å². The van der Waals surface area contributed by atoms with Crippen LogP contribution in [0.15, 0.2) is 11.2 Å². The van der Waals surface area contributed by atoms with Gasteiger partial charge in [0.15, 0.2) is 0 Å². The lowest BCUT2D eigenvalue weighted by Gasteiger charge is -1.85. The van der Waals surface area contributed by atoms with E-state index in [1.165, 1.54) is 0 Å². The summed E-state index contributed by atoms with van der Waals surface area (Å²) in [7, 11) is 0. The lowest BCUT2D eigenvalue weighted by molar-refractivity contribution is 0.892. The van der Waals surface area contributed by atoms with Gasteiger partial charge in [-0.2, -0.15) is 5.10 Å². The molecule has 0 aliphatic carbocycles. The average Bonchev–Trinajstić information content (AvgIpc) is 2.37. The van der Waals surface area contributed by atoms with Crippen LogP contribution in [0.4, 0.5) is 0 Å². The van der Waals surface area contributed by atoms with Gasteiger partial charge in [0.1, 0.15) is 0 Å². The molecule has 0 aromatic carbocycles. The molecular formula is C6H9N5. The number of aromatic nitrogens is 2. The van der Waals surface area contributed by atoms with Gasteiger partial charge in [-0.1, -0.05) is 5.11 Å². The van der Waals surface area contributed by atoms with Gasteiger partial charge in [0.25, 0.3) is 0 Å². The molecule has 0 aliphatic rings. The van der Waals surface area contributed by atoms with E-state index in [9.17, 15) is 0 Å². The minimum Gasteiger partial charge on any atom is -0.283 e. The lowest BCUT2D eigenvalue weighted by atomic mass is 10.3. The third-order valence-corrected chi connectivity index (χ3v) is 1.29. The second kappa shape index (κ2) is 3.63. The fourth-order valence-electron chi connectivity index (χ4n) is 0.812. The van der Waals surface area contributed by atoms with Crippen LogP contribution in [0.3, 0.4) is 0 Å². The molecule has 0 unspecified atom stereocenters. The first-order valence-electron chi connectivity index (χ1n) is 3.34. The van der Waals surface area contributed by atoms with Crippen molar-refractivity contribution in [3.63, 3.8) is 0 Å². The van der Waals surface area contributed by atoms with Crippen LogP contribution >= 0.6 is 0 Å². The second-order valence-corrected chi connectivity index (χ2v) is 2.25. The Morgan fingerprint density at radius 2 is 2.64 bits per heavy atom. The summed E-state index contributed by atoms with van der Waals surface area (Å²) < 4.78 is 0. The van der Waals surface area contributed by atoms with Crippen LogP contribution in [0.1, 0.15) is 11.4 Å². The van der Waals surface area contributed by atoms with Gasteiger partial charge in [0.05, 0.1) is 5.69 Å². The van der Waals surface area contributed by atoms with Gasteiger partial charge in [-0.3, -0.25) is 5.10 Å². The molecular weight excluding hydrogens is 142 g/mol.